The molecule has 13 heavy (non-hydrogen) atoms. The zero-order chi connectivity index (χ0) is 10.1. The van der Waals surface area contributed by atoms with Gasteiger partial charge >= 0.3 is 0 Å². The van der Waals surface area contributed by atoms with Gasteiger partial charge in [-0.15, -0.1) is 0 Å². The Kier molecular flexibility index (Phi) is 8.27. The molecule has 2 unspecified atom stereocenters. The van der Waals surface area contributed by atoms with Crippen molar-refractivity contribution >= 4 is 0 Å². The smallest absolute Gasteiger partial charge is 0.101 e. The lowest BCUT2D eigenvalue weighted by Gasteiger charge is -2.12. The molecule has 0 radical (unpaired) electrons. The fourth-order valence-electron chi connectivity index (χ4n) is 0.707. The monoisotopic (exact) mass is 194 g/mol. The van der Waals surface area contributed by atoms with Crippen molar-refractivity contribution in [3.63, 3.8) is 0 Å². The van der Waals surface area contributed by atoms with E-state index in [0.29, 0.717) is 0 Å². The Morgan fingerprint density at radius 2 is 1.69 bits per heavy atom. The van der Waals surface area contributed by atoms with E-state index < -0.39 is 12.2 Å². The largest absolute Gasteiger partial charge is 0.394 e. The number of ether oxygens (including phenoxy) is 2. The van der Waals surface area contributed by atoms with E-state index in [0.717, 1.165) is 0 Å². The molecule has 0 aromatic rings. The Bertz CT molecular complexity index is 107. The minimum atomic E-state index is -0.703. The summed E-state index contributed by atoms with van der Waals surface area (Å²) < 4.78 is 9.80. The lowest BCUT2D eigenvalue weighted by Crippen LogP contribution is -2.24. The maximum Gasteiger partial charge on any atom is 0.101 e. The van der Waals surface area contributed by atoms with Crippen molar-refractivity contribution in [2.24, 2.45) is 0 Å². The summed E-state index contributed by atoms with van der Waals surface area (Å²) >= 11 is 0. The average Bonchev–Trinajstić information content (AvgIpc) is 2.04. The zero-order valence-electron chi connectivity index (χ0n) is 7.85. The van der Waals surface area contributed by atoms with Gasteiger partial charge in [-0.2, -0.15) is 0 Å². The molecule has 0 spiro atoms. The Labute approximate surface area is 77.9 Å². The van der Waals surface area contributed by atoms with Crippen molar-refractivity contribution in [2.75, 3.05) is 33.0 Å². The second-order valence-corrected chi connectivity index (χ2v) is 2.84. The molecule has 2 atom stereocenters. The van der Waals surface area contributed by atoms with Gasteiger partial charge in [0.1, 0.15) is 6.10 Å². The van der Waals surface area contributed by atoms with E-state index in [1.165, 1.54) is 0 Å². The van der Waals surface area contributed by atoms with Crippen LogP contribution in [-0.4, -0.2) is 60.6 Å². The molecule has 0 fully saturated rings. The summed E-state index contributed by atoms with van der Waals surface area (Å²) in [5.41, 5.74) is 0. The SMILES string of the molecule is CC(O)COCC(O)COCCO. The highest BCUT2D eigenvalue weighted by Crippen LogP contribution is 1.89. The van der Waals surface area contributed by atoms with Gasteiger partial charge in [0.05, 0.1) is 39.1 Å². The van der Waals surface area contributed by atoms with Crippen LogP contribution in [0.3, 0.4) is 0 Å². The Morgan fingerprint density at radius 1 is 1.08 bits per heavy atom. The van der Waals surface area contributed by atoms with Gasteiger partial charge in [0.15, 0.2) is 0 Å². The second kappa shape index (κ2) is 8.40. The van der Waals surface area contributed by atoms with Gasteiger partial charge in [-0.25, -0.2) is 0 Å². The van der Waals surface area contributed by atoms with Crippen LogP contribution in [0.5, 0.6) is 0 Å². The molecule has 0 heterocycles. The van der Waals surface area contributed by atoms with Crippen molar-refractivity contribution in [3.05, 3.63) is 0 Å². The third-order valence-electron chi connectivity index (χ3n) is 1.22. The number of hydrogen-bond acceptors (Lipinski definition) is 5. The van der Waals surface area contributed by atoms with Gasteiger partial charge in [-0.05, 0) is 6.92 Å². The van der Waals surface area contributed by atoms with Crippen molar-refractivity contribution < 1.29 is 24.8 Å². The first-order valence-electron chi connectivity index (χ1n) is 4.29. The molecule has 0 aromatic heterocycles. The zero-order valence-corrected chi connectivity index (χ0v) is 7.85. The second-order valence-electron chi connectivity index (χ2n) is 2.84. The van der Waals surface area contributed by atoms with Crippen molar-refractivity contribution in [1.29, 1.82) is 0 Å². The first kappa shape index (κ1) is 12.8. The van der Waals surface area contributed by atoms with E-state index in [2.05, 4.69) is 0 Å². The van der Waals surface area contributed by atoms with Gasteiger partial charge in [-0.3, -0.25) is 0 Å². The van der Waals surface area contributed by atoms with Crippen LogP contribution in [0.1, 0.15) is 6.92 Å². The minimum Gasteiger partial charge on any atom is -0.394 e. The van der Waals surface area contributed by atoms with E-state index in [1.807, 2.05) is 0 Å². The molecule has 0 amide bonds. The van der Waals surface area contributed by atoms with E-state index in [4.69, 9.17) is 19.7 Å². The summed E-state index contributed by atoms with van der Waals surface area (Å²) in [6, 6.07) is 0. The van der Waals surface area contributed by atoms with Gasteiger partial charge in [0.2, 0.25) is 0 Å². The molecule has 80 valence electrons. The maximum absolute atomic E-state index is 9.18. The standard InChI is InChI=1S/C8H18O5/c1-7(10)4-13-6-8(11)5-12-3-2-9/h7-11H,2-6H2,1H3. The lowest BCUT2D eigenvalue weighted by molar-refractivity contribution is -0.0404. The van der Waals surface area contributed by atoms with Gasteiger partial charge < -0.3 is 24.8 Å². The van der Waals surface area contributed by atoms with Crippen molar-refractivity contribution in [1.82, 2.24) is 0 Å². The third-order valence-corrected chi connectivity index (χ3v) is 1.22. The molecule has 0 aromatic carbocycles. The van der Waals surface area contributed by atoms with Crippen molar-refractivity contribution in [2.45, 2.75) is 19.1 Å². The highest BCUT2D eigenvalue weighted by atomic mass is 16.5. The van der Waals surface area contributed by atoms with Crippen LogP contribution >= 0.6 is 0 Å². The lowest BCUT2D eigenvalue weighted by atomic mass is 10.4. The topological polar surface area (TPSA) is 79.2 Å². The van der Waals surface area contributed by atoms with Crippen LogP contribution in [0.2, 0.25) is 0 Å². The first-order valence-corrected chi connectivity index (χ1v) is 4.29. The summed E-state index contributed by atoms with van der Waals surface area (Å²) in [4.78, 5) is 0. The van der Waals surface area contributed by atoms with E-state index >= 15 is 0 Å². The molecule has 3 N–H and O–H groups in total. The number of rotatable bonds is 8. The van der Waals surface area contributed by atoms with E-state index in [1.54, 1.807) is 6.92 Å². The molecular weight excluding hydrogens is 176 g/mol. The molecule has 5 heteroatoms. The minimum absolute atomic E-state index is 0.0543. The van der Waals surface area contributed by atoms with Gasteiger partial charge in [0.25, 0.3) is 0 Å². The highest BCUT2D eigenvalue weighted by Gasteiger charge is 2.04. The van der Waals surface area contributed by atoms with Crippen LogP contribution in [0.4, 0.5) is 0 Å². The summed E-state index contributed by atoms with van der Waals surface area (Å²) in [7, 11) is 0. The molecule has 0 bridgehead atoms. The normalized spacial score (nSPS) is 15.7. The molecule has 0 saturated heterocycles. The van der Waals surface area contributed by atoms with Gasteiger partial charge in [0, 0.05) is 0 Å². The summed E-state index contributed by atoms with van der Waals surface area (Å²) in [6.07, 6.45) is -1.23. The van der Waals surface area contributed by atoms with Crippen LogP contribution in [-0.2, 0) is 9.47 Å². The first-order chi connectivity index (χ1) is 6.16. The molecular formula is C8H18O5. The molecule has 0 aliphatic rings. The number of hydrogen-bond donors (Lipinski definition) is 3. The van der Waals surface area contributed by atoms with Crippen LogP contribution in [0, 0.1) is 0 Å². The Balaban J connectivity index is 3.15. The molecule has 5 nitrogen and oxygen atoms in total. The summed E-state index contributed by atoms with van der Waals surface area (Å²) in [5, 5.41) is 26.3. The summed E-state index contributed by atoms with van der Waals surface area (Å²) in [6.45, 7) is 2.25. The number of aliphatic hydroxyl groups excluding tert-OH is 3. The molecule has 0 aliphatic carbocycles. The fraction of sp³-hybridized carbons (Fsp3) is 1.00. The van der Waals surface area contributed by atoms with E-state index in [9.17, 15) is 5.11 Å². The molecule has 0 rings (SSSR count). The predicted octanol–water partition coefficient (Wildman–Crippen LogP) is -1.25. The predicted molar refractivity (Wildman–Crippen MR) is 46.4 cm³/mol. The summed E-state index contributed by atoms with van der Waals surface area (Å²) in [5.74, 6) is 0. The molecule has 0 saturated carbocycles. The Hall–Kier alpha value is -0.200. The maximum atomic E-state index is 9.18. The number of aliphatic hydroxyl groups is 3. The van der Waals surface area contributed by atoms with E-state index in [-0.39, 0.29) is 33.0 Å². The fourth-order valence-corrected chi connectivity index (χ4v) is 0.707. The highest BCUT2D eigenvalue weighted by molar-refractivity contribution is 4.52. The van der Waals surface area contributed by atoms with Gasteiger partial charge in [-0.1, -0.05) is 0 Å². The third kappa shape index (κ3) is 9.72. The van der Waals surface area contributed by atoms with Crippen LogP contribution in [0.25, 0.3) is 0 Å². The Morgan fingerprint density at radius 3 is 2.23 bits per heavy atom. The quantitative estimate of drug-likeness (QED) is 0.421. The molecule has 0 aliphatic heterocycles. The van der Waals surface area contributed by atoms with Crippen LogP contribution in [0.15, 0.2) is 0 Å². The van der Waals surface area contributed by atoms with Crippen molar-refractivity contribution in [3.8, 4) is 0 Å². The average molecular weight is 194 g/mol. The van der Waals surface area contributed by atoms with Crippen LogP contribution < -0.4 is 0 Å².